The molecule has 140 valence electrons. The molecule has 27 heavy (non-hydrogen) atoms. The Morgan fingerprint density at radius 3 is 3.04 bits per heavy atom. The van der Waals surface area contributed by atoms with E-state index in [9.17, 15) is 14.0 Å². The Morgan fingerprint density at radius 2 is 2.26 bits per heavy atom. The van der Waals surface area contributed by atoms with Crippen LogP contribution in [0.5, 0.6) is 0 Å². The van der Waals surface area contributed by atoms with E-state index in [4.69, 9.17) is 0 Å². The molecule has 0 spiro atoms. The fraction of sp³-hybridized carbons (Fsp3) is 0.300. The van der Waals surface area contributed by atoms with Crippen molar-refractivity contribution in [2.45, 2.75) is 32.2 Å². The molecule has 1 saturated heterocycles. The number of hydrogen-bond acceptors (Lipinski definition) is 3. The number of amides is 2. The number of benzene rings is 1. The predicted molar refractivity (Wildman–Crippen MR) is 103 cm³/mol. The summed E-state index contributed by atoms with van der Waals surface area (Å²) in [5.74, 6) is -0.711. The van der Waals surface area contributed by atoms with Crippen LogP contribution in [0.15, 0.2) is 24.4 Å². The molecule has 3 heterocycles. The highest BCUT2D eigenvalue weighted by Gasteiger charge is 2.25. The molecule has 0 bridgehead atoms. The van der Waals surface area contributed by atoms with Crippen LogP contribution in [0, 0.1) is 12.7 Å². The van der Waals surface area contributed by atoms with Crippen LogP contribution in [0.1, 0.15) is 36.1 Å². The van der Waals surface area contributed by atoms with Crippen LogP contribution in [-0.2, 0) is 9.59 Å². The lowest BCUT2D eigenvalue weighted by molar-refractivity contribution is -0.116. The van der Waals surface area contributed by atoms with Gasteiger partial charge in [-0.05, 0) is 56.1 Å². The third-order valence-corrected chi connectivity index (χ3v) is 5.10. The van der Waals surface area contributed by atoms with Gasteiger partial charge in [-0.1, -0.05) is 0 Å². The maximum absolute atomic E-state index is 13.6. The van der Waals surface area contributed by atoms with Gasteiger partial charge < -0.3 is 20.9 Å². The molecule has 0 saturated carbocycles. The zero-order chi connectivity index (χ0) is 19.0. The maximum Gasteiger partial charge on any atom is 0.256 e. The fourth-order valence-corrected chi connectivity index (χ4v) is 3.60. The van der Waals surface area contributed by atoms with Crippen molar-refractivity contribution < 1.29 is 14.0 Å². The van der Waals surface area contributed by atoms with E-state index in [1.54, 1.807) is 18.3 Å². The first kappa shape index (κ1) is 17.5. The molecule has 4 rings (SSSR count). The Labute approximate surface area is 156 Å². The average molecular weight is 368 g/mol. The number of carbonyl (C=O) groups excluding carboxylic acids is 2. The molecule has 1 aromatic heterocycles. The number of rotatable bonds is 4. The molecule has 1 unspecified atom stereocenters. The van der Waals surface area contributed by atoms with Gasteiger partial charge in [-0.25, -0.2) is 4.39 Å². The number of H-pyrrole nitrogens is 1. The first-order valence-electron chi connectivity index (χ1n) is 9.05. The van der Waals surface area contributed by atoms with Gasteiger partial charge >= 0.3 is 0 Å². The van der Waals surface area contributed by atoms with Gasteiger partial charge in [0.2, 0.25) is 5.91 Å². The van der Waals surface area contributed by atoms with E-state index >= 15 is 0 Å². The van der Waals surface area contributed by atoms with Crippen molar-refractivity contribution in [3.63, 3.8) is 0 Å². The van der Waals surface area contributed by atoms with Crippen LogP contribution in [0.25, 0.3) is 11.6 Å². The van der Waals surface area contributed by atoms with Gasteiger partial charge in [0.05, 0.1) is 11.3 Å². The van der Waals surface area contributed by atoms with Gasteiger partial charge in [-0.3, -0.25) is 9.59 Å². The summed E-state index contributed by atoms with van der Waals surface area (Å²) >= 11 is 0. The predicted octanol–water partition coefficient (Wildman–Crippen LogP) is 3.04. The van der Waals surface area contributed by atoms with Crippen LogP contribution in [-0.4, -0.2) is 29.4 Å². The Morgan fingerprint density at radius 1 is 1.41 bits per heavy atom. The molecule has 1 fully saturated rings. The first-order chi connectivity index (χ1) is 13.0. The Kier molecular flexibility index (Phi) is 4.53. The molecule has 0 radical (unpaired) electrons. The topological polar surface area (TPSA) is 86.0 Å². The second-order valence-corrected chi connectivity index (χ2v) is 6.99. The standard InChI is InChI=1S/C20H21FN4O2/c1-11-17(9-15-14-7-12(21)4-5-16(14)25-20(15)27)23-10-18(11)24-19(26)8-13-3-2-6-22-13/h4-5,7,9-10,13,22-23H,2-3,6,8H2,1H3,(H,24,26)(H,25,27)/b15-9-. The quantitative estimate of drug-likeness (QED) is 0.626. The molecule has 0 aliphatic carbocycles. The minimum atomic E-state index is -0.396. The highest BCUT2D eigenvalue weighted by atomic mass is 19.1. The van der Waals surface area contributed by atoms with E-state index in [-0.39, 0.29) is 17.9 Å². The number of carbonyl (C=O) groups is 2. The van der Waals surface area contributed by atoms with Crippen molar-refractivity contribution in [2.75, 3.05) is 17.2 Å². The summed E-state index contributed by atoms with van der Waals surface area (Å²) in [6.07, 6.45) is 5.95. The molecule has 1 atom stereocenters. The Bertz CT molecular complexity index is 941. The van der Waals surface area contributed by atoms with E-state index in [2.05, 4.69) is 20.9 Å². The van der Waals surface area contributed by atoms with Crippen molar-refractivity contribution in [1.29, 1.82) is 0 Å². The summed E-state index contributed by atoms with van der Waals surface area (Å²) in [6, 6.07) is 4.44. The zero-order valence-electron chi connectivity index (χ0n) is 15.0. The maximum atomic E-state index is 13.6. The van der Waals surface area contributed by atoms with Gasteiger partial charge in [0.15, 0.2) is 0 Å². The first-order valence-corrected chi connectivity index (χ1v) is 9.05. The van der Waals surface area contributed by atoms with Crippen molar-refractivity contribution in [2.24, 2.45) is 0 Å². The van der Waals surface area contributed by atoms with E-state index in [0.29, 0.717) is 34.6 Å². The van der Waals surface area contributed by atoms with Crippen molar-refractivity contribution in [3.8, 4) is 0 Å². The van der Waals surface area contributed by atoms with Crippen molar-refractivity contribution in [1.82, 2.24) is 10.3 Å². The minimum absolute atomic E-state index is 0.0401. The third kappa shape index (κ3) is 3.50. The molecular weight excluding hydrogens is 347 g/mol. The van der Waals surface area contributed by atoms with Gasteiger partial charge in [-0.2, -0.15) is 0 Å². The van der Waals surface area contributed by atoms with Crippen molar-refractivity contribution in [3.05, 3.63) is 47.0 Å². The lowest BCUT2D eigenvalue weighted by atomic mass is 10.0. The molecule has 7 heteroatoms. The van der Waals surface area contributed by atoms with Crippen LogP contribution in [0.3, 0.4) is 0 Å². The third-order valence-electron chi connectivity index (χ3n) is 5.10. The molecular formula is C20H21FN4O2. The number of aromatic amines is 1. The number of nitrogens with one attached hydrogen (secondary N) is 4. The molecule has 2 amide bonds. The number of halogens is 1. The lowest BCUT2D eigenvalue weighted by Gasteiger charge is -2.10. The summed E-state index contributed by atoms with van der Waals surface area (Å²) < 4.78 is 13.6. The monoisotopic (exact) mass is 368 g/mol. The SMILES string of the molecule is Cc1c(NC(=O)CC2CCCN2)c[nH]c1/C=C1\C(=O)Nc2ccc(F)cc21. The van der Waals surface area contributed by atoms with E-state index < -0.39 is 5.82 Å². The largest absolute Gasteiger partial charge is 0.360 e. The molecule has 2 aliphatic heterocycles. The molecule has 1 aromatic carbocycles. The van der Waals surface area contributed by atoms with Crippen LogP contribution in [0.2, 0.25) is 0 Å². The summed E-state index contributed by atoms with van der Waals surface area (Å²) in [6.45, 7) is 2.83. The second kappa shape index (κ2) is 7.00. The fourth-order valence-electron chi connectivity index (χ4n) is 3.60. The highest BCUT2D eigenvalue weighted by molar-refractivity contribution is 6.34. The van der Waals surface area contributed by atoms with Crippen LogP contribution in [0.4, 0.5) is 15.8 Å². The van der Waals surface area contributed by atoms with E-state index in [1.807, 2.05) is 6.92 Å². The van der Waals surface area contributed by atoms with Gasteiger partial charge in [0.25, 0.3) is 5.91 Å². The second-order valence-electron chi connectivity index (χ2n) is 6.99. The number of hydrogen-bond donors (Lipinski definition) is 4. The Balaban J connectivity index is 1.54. The molecule has 4 N–H and O–H groups in total. The van der Waals surface area contributed by atoms with Gasteiger partial charge in [0.1, 0.15) is 5.82 Å². The summed E-state index contributed by atoms with van der Waals surface area (Å²) in [4.78, 5) is 27.6. The lowest BCUT2D eigenvalue weighted by Crippen LogP contribution is -2.27. The minimum Gasteiger partial charge on any atom is -0.360 e. The van der Waals surface area contributed by atoms with Crippen LogP contribution < -0.4 is 16.0 Å². The highest BCUT2D eigenvalue weighted by Crippen LogP contribution is 2.34. The smallest absolute Gasteiger partial charge is 0.256 e. The summed E-state index contributed by atoms with van der Waals surface area (Å²) in [5.41, 5.74) is 3.73. The summed E-state index contributed by atoms with van der Waals surface area (Å²) in [5, 5.41) is 8.96. The normalized spacial score (nSPS) is 20.0. The van der Waals surface area contributed by atoms with Gasteiger partial charge in [0, 0.05) is 35.6 Å². The van der Waals surface area contributed by atoms with Crippen LogP contribution >= 0.6 is 0 Å². The molecule has 2 aromatic rings. The number of aromatic nitrogens is 1. The zero-order valence-corrected chi connectivity index (χ0v) is 15.0. The molecule has 6 nitrogen and oxygen atoms in total. The Hall–Kier alpha value is -2.93. The number of anilines is 2. The van der Waals surface area contributed by atoms with E-state index in [0.717, 1.165) is 24.9 Å². The van der Waals surface area contributed by atoms with Crippen molar-refractivity contribution >= 4 is 34.8 Å². The van der Waals surface area contributed by atoms with E-state index in [1.165, 1.54) is 12.1 Å². The van der Waals surface area contributed by atoms with Gasteiger partial charge in [-0.15, -0.1) is 0 Å². The summed E-state index contributed by atoms with van der Waals surface area (Å²) in [7, 11) is 0. The number of fused-ring (bicyclic) bond motifs is 1. The average Bonchev–Trinajstić information content (AvgIpc) is 3.32. The molecule has 2 aliphatic rings.